The number of fused-ring (bicyclic) bond motifs is 1. The van der Waals surface area contributed by atoms with Crippen molar-refractivity contribution in [2.24, 2.45) is 11.7 Å². The molecule has 38 heavy (non-hydrogen) atoms. The van der Waals surface area contributed by atoms with E-state index >= 15 is 4.39 Å². The fraction of sp³-hybridized carbons (Fsp3) is 0.267. The lowest BCUT2D eigenvalue weighted by Gasteiger charge is -2.25. The summed E-state index contributed by atoms with van der Waals surface area (Å²) in [6, 6.07) is 17.3. The summed E-state index contributed by atoms with van der Waals surface area (Å²) in [4.78, 5) is 26.9. The number of nitrogens with zero attached hydrogens (tertiary/aromatic N) is 2. The number of methoxy groups -OCH3 is 1. The van der Waals surface area contributed by atoms with Crippen LogP contribution in [0.15, 0.2) is 65.6 Å². The number of carboxylic acids is 1. The summed E-state index contributed by atoms with van der Waals surface area (Å²) < 4.78 is 22.9. The second kappa shape index (κ2) is 10.3. The molecular formula is C30H30FN3O4. The third-order valence-corrected chi connectivity index (χ3v) is 7.31. The molecule has 8 heteroatoms. The Balaban J connectivity index is 1.63. The molecule has 4 aromatic rings. The van der Waals surface area contributed by atoms with Gasteiger partial charge in [0, 0.05) is 25.8 Å². The van der Waals surface area contributed by atoms with E-state index in [4.69, 9.17) is 10.5 Å². The van der Waals surface area contributed by atoms with Crippen LogP contribution in [0.5, 0.6) is 5.75 Å². The minimum Gasteiger partial charge on any atom is -0.492 e. The van der Waals surface area contributed by atoms with Crippen LogP contribution < -0.4 is 20.8 Å². The maximum atomic E-state index is 15.5. The number of aryl methyl sites for hydroxylation is 1. The van der Waals surface area contributed by atoms with Crippen LogP contribution in [0.25, 0.3) is 22.0 Å². The van der Waals surface area contributed by atoms with E-state index in [-0.39, 0.29) is 29.3 Å². The van der Waals surface area contributed by atoms with Gasteiger partial charge in [0.15, 0.2) is 11.6 Å². The van der Waals surface area contributed by atoms with Gasteiger partial charge in [-0.3, -0.25) is 4.79 Å². The van der Waals surface area contributed by atoms with Crippen LogP contribution in [0.1, 0.15) is 27.9 Å². The fourth-order valence-electron chi connectivity index (χ4n) is 5.23. The lowest BCUT2D eigenvalue weighted by molar-refractivity contribution is 0.0695. The Bertz CT molecular complexity index is 1560. The highest BCUT2D eigenvalue weighted by Gasteiger charge is 2.30. The number of hydrogen-bond donors (Lipinski definition) is 2. The molecule has 0 spiro atoms. The molecule has 1 aliphatic heterocycles. The number of rotatable bonds is 7. The molecule has 0 amide bonds. The van der Waals surface area contributed by atoms with Gasteiger partial charge in [-0.25, -0.2) is 9.18 Å². The molecule has 0 radical (unpaired) electrons. The Kier molecular flexibility index (Phi) is 6.91. The number of anilines is 1. The SMILES string of the molecule is COc1c(N2CC[C@@H](CN)C2)c(F)cc2c(=O)c(C(=O)O)cn(Cc3ccc(-c4ccc(C)cc4)cc3)c12. The molecule has 1 aromatic heterocycles. The van der Waals surface area contributed by atoms with E-state index in [0.29, 0.717) is 25.2 Å². The van der Waals surface area contributed by atoms with E-state index in [1.807, 2.05) is 36.1 Å². The third kappa shape index (κ3) is 4.63. The Hall–Kier alpha value is -4.17. The van der Waals surface area contributed by atoms with Crippen molar-refractivity contribution in [2.45, 2.75) is 19.9 Å². The molecule has 1 atom stereocenters. The molecule has 0 unspecified atom stereocenters. The second-order valence-corrected chi connectivity index (χ2v) is 9.84. The monoisotopic (exact) mass is 515 g/mol. The van der Waals surface area contributed by atoms with Crippen LogP contribution in [-0.4, -0.2) is 42.4 Å². The lowest BCUT2D eigenvalue weighted by Crippen LogP contribution is -2.25. The third-order valence-electron chi connectivity index (χ3n) is 7.31. The van der Waals surface area contributed by atoms with Crippen LogP contribution in [0.3, 0.4) is 0 Å². The standard InChI is InChI=1S/C30H30FN3O4/c1-18-3-7-21(8-4-18)22-9-5-19(6-10-22)15-34-17-24(30(36)37)28(35)23-13-25(31)27(29(38-2)26(23)34)33-12-11-20(14-32)16-33/h3-10,13,17,20H,11-12,14-16,32H2,1-2H3,(H,36,37)/t20-/m0/s1. The molecule has 2 heterocycles. The fourth-order valence-corrected chi connectivity index (χ4v) is 5.23. The first kappa shape index (κ1) is 25.5. The predicted octanol–water partition coefficient (Wildman–Crippen LogP) is 4.66. The number of aromatic nitrogens is 1. The molecule has 196 valence electrons. The van der Waals surface area contributed by atoms with E-state index in [1.165, 1.54) is 18.9 Å². The molecule has 5 rings (SSSR count). The number of benzene rings is 3. The molecule has 3 N–H and O–H groups in total. The largest absolute Gasteiger partial charge is 0.492 e. The maximum absolute atomic E-state index is 15.5. The zero-order chi connectivity index (χ0) is 27.0. The quantitative estimate of drug-likeness (QED) is 0.372. The first-order valence-electron chi connectivity index (χ1n) is 12.6. The number of nitrogens with two attached hydrogens (primary N) is 1. The zero-order valence-corrected chi connectivity index (χ0v) is 21.4. The molecular weight excluding hydrogens is 485 g/mol. The topological polar surface area (TPSA) is 97.8 Å². The van der Waals surface area contributed by atoms with E-state index < -0.39 is 22.8 Å². The van der Waals surface area contributed by atoms with Crippen molar-refractivity contribution >= 4 is 22.6 Å². The van der Waals surface area contributed by atoms with Gasteiger partial charge in [-0.1, -0.05) is 54.1 Å². The van der Waals surface area contributed by atoms with Crippen LogP contribution in [0, 0.1) is 18.7 Å². The van der Waals surface area contributed by atoms with E-state index in [9.17, 15) is 14.7 Å². The average molecular weight is 516 g/mol. The Morgan fingerprint density at radius 3 is 2.37 bits per heavy atom. The number of halogens is 1. The smallest absolute Gasteiger partial charge is 0.341 e. The van der Waals surface area contributed by atoms with Crippen LogP contribution in [0.2, 0.25) is 0 Å². The van der Waals surface area contributed by atoms with Gasteiger partial charge in [-0.2, -0.15) is 0 Å². The molecule has 0 aliphatic carbocycles. The molecule has 1 fully saturated rings. The summed E-state index contributed by atoms with van der Waals surface area (Å²) in [5.74, 6) is -1.55. The zero-order valence-electron chi connectivity index (χ0n) is 21.4. The number of carbonyl (C=O) groups is 1. The van der Waals surface area contributed by atoms with Crippen LogP contribution in [0.4, 0.5) is 10.1 Å². The van der Waals surface area contributed by atoms with Gasteiger partial charge in [-0.15, -0.1) is 0 Å². The van der Waals surface area contributed by atoms with Gasteiger partial charge < -0.3 is 25.0 Å². The normalized spacial score (nSPS) is 15.3. The highest BCUT2D eigenvalue weighted by atomic mass is 19.1. The summed E-state index contributed by atoms with van der Waals surface area (Å²) >= 11 is 0. The first-order valence-corrected chi connectivity index (χ1v) is 12.6. The number of carboxylic acid groups (broad SMARTS) is 1. The van der Waals surface area contributed by atoms with Gasteiger partial charge >= 0.3 is 5.97 Å². The number of pyridine rings is 1. The number of hydrogen-bond acceptors (Lipinski definition) is 5. The van der Waals surface area contributed by atoms with Crippen molar-refractivity contribution in [1.82, 2.24) is 4.57 Å². The minimum atomic E-state index is -1.37. The second-order valence-electron chi connectivity index (χ2n) is 9.84. The van der Waals surface area contributed by atoms with Crippen molar-refractivity contribution in [3.05, 3.63) is 93.5 Å². The van der Waals surface area contributed by atoms with E-state index in [0.717, 1.165) is 29.2 Å². The van der Waals surface area contributed by atoms with Crippen molar-refractivity contribution in [1.29, 1.82) is 0 Å². The van der Waals surface area contributed by atoms with E-state index in [1.54, 1.807) is 4.57 Å². The van der Waals surface area contributed by atoms with Gasteiger partial charge in [-0.05, 0) is 48.6 Å². The number of ether oxygens (including phenoxy) is 1. The van der Waals surface area contributed by atoms with Crippen molar-refractivity contribution in [2.75, 3.05) is 31.6 Å². The minimum absolute atomic E-state index is 0.0335. The van der Waals surface area contributed by atoms with Crippen molar-refractivity contribution in [3.63, 3.8) is 0 Å². The Morgan fingerprint density at radius 2 is 1.79 bits per heavy atom. The maximum Gasteiger partial charge on any atom is 0.341 e. The van der Waals surface area contributed by atoms with Gasteiger partial charge in [0.1, 0.15) is 11.3 Å². The summed E-state index contributed by atoms with van der Waals surface area (Å²) in [6.45, 7) is 3.99. The summed E-state index contributed by atoms with van der Waals surface area (Å²) in [6.07, 6.45) is 2.15. The highest BCUT2D eigenvalue weighted by molar-refractivity contribution is 5.97. The van der Waals surface area contributed by atoms with Crippen molar-refractivity contribution in [3.8, 4) is 16.9 Å². The first-order chi connectivity index (χ1) is 18.3. The summed E-state index contributed by atoms with van der Waals surface area (Å²) in [5.41, 5.74) is 9.52. The highest BCUT2D eigenvalue weighted by Crippen LogP contribution is 2.40. The molecule has 1 aliphatic rings. The summed E-state index contributed by atoms with van der Waals surface area (Å²) in [7, 11) is 1.44. The Morgan fingerprint density at radius 1 is 1.13 bits per heavy atom. The lowest BCUT2D eigenvalue weighted by atomic mass is 10.0. The van der Waals surface area contributed by atoms with E-state index in [2.05, 4.69) is 24.3 Å². The molecule has 0 saturated carbocycles. The van der Waals surface area contributed by atoms with Gasteiger partial charge in [0.2, 0.25) is 5.43 Å². The van der Waals surface area contributed by atoms with Gasteiger partial charge in [0.05, 0.1) is 18.0 Å². The number of aromatic carboxylic acids is 1. The molecule has 7 nitrogen and oxygen atoms in total. The average Bonchev–Trinajstić information content (AvgIpc) is 3.39. The molecule has 3 aromatic carbocycles. The van der Waals surface area contributed by atoms with Crippen molar-refractivity contribution < 1.29 is 19.0 Å². The van der Waals surface area contributed by atoms with Gasteiger partial charge in [0.25, 0.3) is 0 Å². The molecule has 0 bridgehead atoms. The predicted molar refractivity (Wildman–Crippen MR) is 147 cm³/mol. The van der Waals surface area contributed by atoms with Crippen LogP contribution in [-0.2, 0) is 6.54 Å². The Labute approximate surface area is 219 Å². The summed E-state index contributed by atoms with van der Waals surface area (Å²) in [5, 5.41) is 9.69. The molecule has 1 saturated heterocycles. The van der Waals surface area contributed by atoms with Crippen LogP contribution >= 0.6 is 0 Å².